The zero-order valence-corrected chi connectivity index (χ0v) is 8.59. The Balaban J connectivity index is 2.59. The molecule has 4 heteroatoms. The highest BCUT2D eigenvalue weighted by Gasteiger charge is 2.38. The van der Waals surface area contributed by atoms with E-state index in [4.69, 9.17) is 5.11 Å². The standard InChI is InChI=1S/C11H15F3O/c1-8(7-15)6-9-2-4-10(5-3-9)11(12,13)14/h2,4,6,9-10,15H,3,5,7H2,1H3/b8-6+. The molecule has 0 spiro atoms. The Morgan fingerprint density at radius 1 is 1.40 bits per heavy atom. The molecule has 0 heterocycles. The van der Waals surface area contributed by atoms with Crippen molar-refractivity contribution >= 4 is 0 Å². The first-order valence-corrected chi connectivity index (χ1v) is 4.96. The lowest BCUT2D eigenvalue weighted by atomic mass is 9.87. The van der Waals surface area contributed by atoms with Gasteiger partial charge in [0, 0.05) is 0 Å². The van der Waals surface area contributed by atoms with Crippen molar-refractivity contribution in [3.05, 3.63) is 23.8 Å². The summed E-state index contributed by atoms with van der Waals surface area (Å²) in [5.74, 6) is -1.26. The summed E-state index contributed by atoms with van der Waals surface area (Å²) < 4.78 is 36.9. The summed E-state index contributed by atoms with van der Waals surface area (Å²) in [5.41, 5.74) is 0.801. The number of allylic oxidation sites excluding steroid dienone is 3. The van der Waals surface area contributed by atoms with E-state index in [2.05, 4.69) is 0 Å². The largest absolute Gasteiger partial charge is 0.395 e. The third-order valence-corrected chi connectivity index (χ3v) is 2.57. The van der Waals surface area contributed by atoms with Gasteiger partial charge in [0.1, 0.15) is 0 Å². The summed E-state index contributed by atoms with van der Waals surface area (Å²) in [6.45, 7) is 1.73. The highest BCUT2D eigenvalue weighted by Crippen LogP contribution is 2.35. The number of rotatable bonds is 2. The Morgan fingerprint density at radius 2 is 2.07 bits per heavy atom. The molecule has 1 nitrogen and oxygen atoms in total. The van der Waals surface area contributed by atoms with Gasteiger partial charge in [0.15, 0.2) is 0 Å². The van der Waals surface area contributed by atoms with Crippen molar-refractivity contribution in [2.45, 2.75) is 25.9 Å². The second kappa shape index (κ2) is 4.84. The van der Waals surface area contributed by atoms with Gasteiger partial charge >= 0.3 is 6.18 Å². The van der Waals surface area contributed by atoms with E-state index < -0.39 is 12.1 Å². The maximum Gasteiger partial charge on any atom is 0.395 e. The molecule has 0 aromatic rings. The number of alkyl halides is 3. The number of aliphatic hydroxyl groups excluding tert-OH is 1. The zero-order chi connectivity index (χ0) is 11.5. The van der Waals surface area contributed by atoms with Crippen molar-refractivity contribution in [1.29, 1.82) is 0 Å². The Bertz CT molecular complexity index is 265. The van der Waals surface area contributed by atoms with E-state index in [9.17, 15) is 13.2 Å². The molecule has 0 aromatic carbocycles. The molecule has 2 atom stereocenters. The first-order chi connectivity index (χ1) is 6.93. The van der Waals surface area contributed by atoms with Crippen molar-refractivity contribution < 1.29 is 18.3 Å². The van der Waals surface area contributed by atoms with Gasteiger partial charge in [0.05, 0.1) is 12.5 Å². The van der Waals surface area contributed by atoms with Crippen LogP contribution in [0.15, 0.2) is 23.8 Å². The topological polar surface area (TPSA) is 20.2 Å². The second-order valence-corrected chi connectivity index (χ2v) is 3.95. The van der Waals surface area contributed by atoms with Crippen LogP contribution >= 0.6 is 0 Å². The summed E-state index contributed by atoms with van der Waals surface area (Å²) in [6, 6.07) is 0. The Hall–Kier alpha value is -0.770. The molecule has 1 rings (SSSR count). The zero-order valence-electron chi connectivity index (χ0n) is 8.59. The number of hydrogen-bond acceptors (Lipinski definition) is 1. The van der Waals surface area contributed by atoms with E-state index in [1.807, 2.05) is 6.08 Å². The Labute approximate surface area is 87.3 Å². The maximum atomic E-state index is 12.3. The van der Waals surface area contributed by atoms with Gasteiger partial charge < -0.3 is 5.11 Å². The monoisotopic (exact) mass is 220 g/mol. The molecule has 0 saturated heterocycles. The van der Waals surface area contributed by atoms with Crippen LogP contribution < -0.4 is 0 Å². The molecule has 0 aromatic heterocycles. The predicted octanol–water partition coefficient (Wildman–Crippen LogP) is 3.07. The lowest BCUT2D eigenvalue weighted by Crippen LogP contribution is -2.23. The van der Waals surface area contributed by atoms with Crippen LogP contribution in [0.4, 0.5) is 13.2 Å². The van der Waals surface area contributed by atoms with Gasteiger partial charge in [-0.25, -0.2) is 0 Å². The number of hydrogen-bond donors (Lipinski definition) is 1. The summed E-state index contributed by atoms with van der Waals surface area (Å²) in [6.07, 6.45) is 1.16. The Morgan fingerprint density at radius 3 is 2.47 bits per heavy atom. The first kappa shape index (κ1) is 12.3. The quantitative estimate of drug-likeness (QED) is 0.709. The van der Waals surface area contributed by atoms with Crippen molar-refractivity contribution in [3.63, 3.8) is 0 Å². The van der Waals surface area contributed by atoms with Gasteiger partial charge in [0.2, 0.25) is 0 Å². The Kier molecular flexibility index (Phi) is 3.97. The van der Waals surface area contributed by atoms with Crippen LogP contribution in [0.25, 0.3) is 0 Å². The molecule has 0 radical (unpaired) electrons. The number of halogens is 3. The molecule has 0 aliphatic heterocycles. The summed E-state index contributed by atoms with van der Waals surface area (Å²) >= 11 is 0. The molecule has 1 aliphatic carbocycles. The van der Waals surface area contributed by atoms with Crippen LogP contribution in [-0.2, 0) is 0 Å². The van der Waals surface area contributed by atoms with Crippen LogP contribution in [0.5, 0.6) is 0 Å². The highest BCUT2D eigenvalue weighted by atomic mass is 19.4. The summed E-state index contributed by atoms with van der Waals surface area (Å²) in [5, 5.41) is 8.77. The number of aliphatic hydroxyl groups is 1. The van der Waals surface area contributed by atoms with Crippen molar-refractivity contribution in [3.8, 4) is 0 Å². The summed E-state index contributed by atoms with van der Waals surface area (Å²) in [7, 11) is 0. The van der Waals surface area contributed by atoms with E-state index in [1.54, 1.807) is 13.0 Å². The predicted molar refractivity (Wildman–Crippen MR) is 52.3 cm³/mol. The maximum absolute atomic E-state index is 12.3. The van der Waals surface area contributed by atoms with Crippen LogP contribution in [-0.4, -0.2) is 17.9 Å². The fraction of sp³-hybridized carbons (Fsp3) is 0.636. The van der Waals surface area contributed by atoms with Crippen LogP contribution in [0.1, 0.15) is 19.8 Å². The average molecular weight is 220 g/mol. The van der Waals surface area contributed by atoms with Gasteiger partial charge in [-0.1, -0.05) is 23.8 Å². The molecule has 0 saturated carbocycles. The molecule has 0 bridgehead atoms. The van der Waals surface area contributed by atoms with Gasteiger partial charge in [-0.3, -0.25) is 0 Å². The third kappa shape index (κ3) is 3.70. The molecule has 0 fully saturated rings. The normalized spacial score (nSPS) is 28.2. The smallest absolute Gasteiger partial charge is 0.392 e. The molecule has 1 aliphatic rings. The minimum absolute atomic E-state index is 0.0347. The van der Waals surface area contributed by atoms with Gasteiger partial charge in [0.25, 0.3) is 0 Å². The van der Waals surface area contributed by atoms with E-state index in [0.717, 1.165) is 5.57 Å². The summed E-state index contributed by atoms with van der Waals surface area (Å²) in [4.78, 5) is 0. The fourth-order valence-corrected chi connectivity index (χ4v) is 1.67. The molecule has 2 unspecified atom stereocenters. The molecule has 15 heavy (non-hydrogen) atoms. The SMILES string of the molecule is C/C(=C\C1C=CC(C(F)(F)F)CC1)CO. The van der Waals surface area contributed by atoms with Crippen molar-refractivity contribution in [1.82, 2.24) is 0 Å². The first-order valence-electron chi connectivity index (χ1n) is 4.96. The lowest BCUT2D eigenvalue weighted by Gasteiger charge is -2.23. The second-order valence-electron chi connectivity index (χ2n) is 3.95. The van der Waals surface area contributed by atoms with Crippen LogP contribution in [0, 0.1) is 11.8 Å². The minimum atomic E-state index is -4.11. The minimum Gasteiger partial charge on any atom is -0.392 e. The van der Waals surface area contributed by atoms with Crippen molar-refractivity contribution in [2.24, 2.45) is 11.8 Å². The molecular weight excluding hydrogens is 205 g/mol. The van der Waals surface area contributed by atoms with Crippen molar-refractivity contribution in [2.75, 3.05) is 6.61 Å². The third-order valence-electron chi connectivity index (χ3n) is 2.57. The van der Waals surface area contributed by atoms with E-state index >= 15 is 0 Å². The van der Waals surface area contributed by atoms with Crippen LogP contribution in [0.3, 0.4) is 0 Å². The average Bonchev–Trinajstić information content (AvgIpc) is 2.17. The van der Waals surface area contributed by atoms with E-state index in [-0.39, 0.29) is 18.9 Å². The fourth-order valence-electron chi connectivity index (χ4n) is 1.67. The van der Waals surface area contributed by atoms with E-state index in [1.165, 1.54) is 6.08 Å². The molecule has 1 N–H and O–H groups in total. The molecular formula is C11H15F3O. The molecule has 0 amide bonds. The molecule has 86 valence electrons. The van der Waals surface area contributed by atoms with Gasteiger partial charge in [-0.2, -0.15) is 13.2 Å². The van der Waals surface area contributed by atoms with Gasteiger partial charge in [-0.15, -0.1) is 0 Å². The van der Waals surface area contributed by atoms with Crippen LogP contribution in [0.2, 0.25) is 0 Å². The highest BCUT2D eigenvalue weighted by molar-refractivity contribution is 5.11. The van der Waals surface area contributed by atoms with E-state index in [0.29, 0.717) is 6.42 Å². The van der Waals surface area contributed by atoms with Gasteiger partial charge in [-0.05, 0) is 25.7 Å². The lowest BCUT2D eigenvalue weighted by molar-refractivity contribution is -0.164.